The van der Waals surface area contributed by atoms with Gasteiger partial charge in [-0.15, -0.1) is 0 Å². The van der Waals surface area contributed by atoms with Crippen molar-refractivity contribution in [1.82, 2.24) is 9.13 Å². The minimum absolute atomic E-state index is 0.0674. The molecule has 0 bridgehead atoms. The van der Waals surface area contributed by atoms with Gasteiger partial charge in [0, 0.05) is 18.3 Å². The fourth-order valence-corrected chi connectivity index (χ4v) is 3.58. The lowest BCUT2D eigenvalue weighted by molar-refractivity contribution is -0.116. The Morgan fingerprint density at radius 1 is 0.844 bits per heavy atom. The smallest absolute Gasteiger partial charge is 0.324 e. The topological polar surface area (TPSA) is 73.1 Å². The Morgan fingerprint density at radius 3 is 2.22 bits per heavy atom. The molecule has 4 aromatic rings. The zero-order chi connectivity index (χ0) is 22.7. The Morgan fingerprint density at radius 2 is 1.50 bits per heavy atom. The quantitative estimate of drug-likeness (QED) is 0.505. The van der Waals surface area contributed by atoms with Crippen LogP contribution in [0, 0.1) is 11.6 Å². The molecule has 1 aromatic heterocycles. The number of hydrogen-bond acceptors (Lipinski definition) is 3. The van der Waals surface area contributed by atoms with Crippen LogP contribution >= 0.6 is 0 Å². The van der Waals surface area contributed by atoms with Gasteiger partial charge in [-0.25, -0.2) is 13.6 Å². The molecule has 1 heterocycles. The van der Waals surface area contributed by atoms with E-state index in [0.717, 1.165) is 22.3 Å². The summed E-state index contributed by atoms with van der Waals surface area (Å²) in [6.45, 7) is -0.285. The van der Waals surface area contributed by atoms with Crippen LogP contribution in [0.1, 0.15) is 5.56 Å². The van der Waals surface area contributed by atoms with E-state index in [0.29, 0.717) is 23.4 Å². The molecule has 6 nitrogen and oxygen atoms in total. The van der Waals surface area contributed by atoms with Crippen molar-refractivity contribution < 1.29 is 13.6 Å². The lowest BCUT2D eigenvalue weighted by atomic mass is 10.1. The molecule has 0 fully saturated rings. The minimum Gasteiger partial charge on any atom is -0.324 e. The molecule has 4 rings (SSSR count). The fraction of sp³-hybridized carbons (Fsp3) is 0.125. The summed E-state index contributed by atoms with van der Waals surface area (Å²) in [6.07, 6.45) is 0.461. The van der Waals surface area contributed by atoms with Crippen LogP contribution in [0.25, 0.3) is 10.9 Å². The van der Waals surface area contributed by atoms with E-state index in [9.17, 15) is 23.2 Å². The van der Waals surface area contributed by atoms with E-state index >= 15 is 0 Å². The van der Waals surface area contributed by atoms with Crippen LogP contribution in [0.3, 0.4) is 0 Å². The molecule has 32 heavy (non-hydrogen) atoms. The number of para-hydroxylation sites is 1. The molecule has 162 valence electrons. The van der Waals surface area contributed by atoms with E-state index in [1.165, 1.54) is 4.57 Å². The largest absolute Gasteiger partial charge is 0.331 e. The average molecular weight is 435 g/mol. The average Bonchev–Trinajstić information content (AvgIpc) is 2.76. The van der Waals surface area contributed by atoms with Crippen LogP contribution in [0.15, 0.2) is 82.4 Å². The van der Waals surface area contributed by atoms with Crippen LogP contribution in [0.5, 0.6) is 0 Å². The van der Waals surface area contributed by atoms with Gasteiger partial charge in [0.25, 0.3) is 5.56 Å². The fourth-order valence-electron chi connectivity index (χ4n) is 3.58. The van der Waals surface area contributed by atoms with Crippen molar-refractivity contribution in [2.75, 3.05) is 5.32 Å². The van der Waals surface area contributed by atoms with Gasteiger partial charge in [-0.3, -0.25) is 18.7 Å². The molecule has 1 amide bonds. The van der Waals surface area contributed by atoms with Gasteiger partial charge in [-0.2, -0.15) is 0 Å². The molecular weight excluding hydrogens is 416 g/mol. The first-order valence-electron chi connectivity index (χ1n) is 9.94. The summed E-state index contributed by atoms with van der Waals surface area (Å²) < 4.78 is 29.1. The molecule has 3 aromatic carbocycles. The highest BCUT2D eigenvalue weighted by Gasteiger charge is 2.16. The van der Waals surface area contributed by atoms with E-state index in [4.69, 9.17) is 0 Å². The zero-order valence-corrected chi connectivity index (χ0v) is 16.9. The minimum atomic E-state index is -0.836. The maximum absolute atomic E-state index is 13.4. The van der Waals surface area contributed by atoms with Crippen LogP contribution in [-0.4, -0.2) is 15.0 Å². The Hall–Kier alpha value is -4.07. The number of aromatic nitrogens is 2. The Kier molecular flexibility index (Phi) is 5.93. The number of nitrogens with zero attached hydrogens (tertiary/aromatic N) is 2. The number of carbonyl (C=O) groups is 1. The molecule has 8 heteroatoms. The van der Waals surface area contributed by atoms with Crippen molar-refractivity contribution in [1.29, 1.82) is 0 Å². The summed E-state index contributed by atoms with van der Waals surface area (Å²) in [5.74, 6) is -2.33. The maximum Gasteiger partial charge on any atom is 0.331 e. The zero-order valence-electron chi connectivity index (χ0n) is 16.9. The molecule has 0 atom stereocenters. The van der Waals surface area contributed by atoms with Crippen LogP contribution in [0.2, 0.25) is 0 Å². The molecule has 0 aliphatic rings. The lowest BCUT2D eigenvalue weighted by Gasteiger charge is -2.14. The third kappa shape index (κ3) is 4.49. The molecule has 1 N–H and O–H groups in total. The molecule has 0 saturated carbocycles. The normalized spacial score (nSPS) is 10.9. The van der Waals surface area contributed by atoms with E-state index in [1.807, 2.05) is 30.3 Å². The number of fused-ring (bicyclic) bond motifs is 1. The number of rotatable bonds is 6. The van der Waals surface area contributed by atoms with Gasteiger partial charge in [0.1, 0.15) is 18.2 Å². The third-order valence-corrected chi connectivity index (χ3v) is 5.05. The van der Waals surface area contributed by atoms with Gasteiger partial charge in [0.15, 0.2) is 0 Å². The van der Waals surface area contributed by atoms with Crippen LogP contribution in [-0.2, 0) is 24.3 Å². The Bertz CT molecular complexity index is 1390. The summed E-state index contributed by atoms with van der Waals surface area (Å²) in [6, 6.07) is 18.6. The maximum atomic E-state index is 13.4. The van der Waals surface area contributed by atoms with Crippen LogP contribution < -0.4 is 16.6 Å². The summed E-state index contributed by atoms with van der Waals surface area (Å²) in [5.41, 5.74) is 0.126. The lowest BCUT2D eigenvalue weighted by Crippen LogP contribution is -2.42. The molecule has 0 spiro atoms. The van der Waals surface area contributed by atoms with E-state index in [-0.39, 0.29) is 12.2 Å². The van der Waals surface area contributed by atoms with Crippen molar-refractivity contribution in [2.45, 2.75) is 19.5 Å². The molecule has 0 unspecified atom stereocenters. The molecular formula is C24H19F2N3O3. The van der Waals surface area contributed by atoms with Gasteiger partial charge in [0.05, 0.1) is 10.9 Å². The van der Waals surface area contributed by atoms with Gasteiger partial charge >= 0.3 is 5.69 Å². The van der Waals surface area contributed by atoms with E-state index < -0.39 is 35.3 Å². The second-order valence-corrected chi connectivity index (χ2v) is 7.28. The number of benzene rings is 3. The number of aryl methyl sites for hydroxylation is 1. The highest BCUT2D eigenvalue weighted by Crippen LogP contribution is 2.13. The summed E-state index contributed by atoms with van der Waals surface area (Å²) in [7, 11) is 0. The summed E-state index contributed by atoms with van der Waals surface area (Å²) >= 11 is 0. The van der Waals surface area contributed by atoms with Gasteiger partial charge in [-0.1, -0.05) is 42.5 Å². The number of anilines is 1. The van der Waals surface area contributed by atoms with Crippen molar-refractivity contribution in [3.05, 3.63) is 111 Å². The van der Waals surface area contributed by atoms with E-state index in [1.54, 1.807) is 24.3 Å². The highest BCUT2D eigenvalue weighted by molar-refractivity contribution is 5.91. The number of halogens is 2. The summed E-state index contributed by atoms with van der Waals surface area (Å²) in [4.78, 5) is 38.7. The SMILES string of the molecule is O=C(Cn1c(=O)n(CCc2ccccc2)c(=O)c2ccccc21)Nc1cc(F)cc(F)c1. The highest BCUT2D eigenvalue weighted by atomic mass is 19.1. The predicted octanol–water partition coefficient (Wildman–Crippen LogP) is 3.32. The second kappa shape index (κ2) is 8.97. The van der Waals surface area contributed by atoms with Crippen molar-refractivity contribution in [3.63, 3.8) is 0 Å². The monoisotopic (exact) mass is 435 g/mol. The standard InChI is InChI=1S/C24H19F2N3O3/c25-17-12-18(26)14-19(13-17)27-22(30)15-29-21-9-5-4-8-20(21)23(31)28(24(29)32)11-10-16-6-2-1-3-7-16/h1-9,12-14H,10-11,15H2,(H,27,30). The number of hydrogen-bond donors (Lipinski definition) is 1. The Balaban J connectivity index is 1.69. The van der Waals surface area contributed by atoms with E-state index in [2.05, 4.69) is 5.32 Å². The number of carbonyl (C=O) groups excluding carboxylic acids is 1. The summed E-state index contributed by atoms with van der Waals surface area (Å²) in [5, 5.41) is 2.69. The Labute approximate surface area is 181 Å². The first-order valence-corrected chi connectivity index (χ1v) is 9.94. The first-order chi connectivity index (χ1) is 15.4. The van der Waals surface area contributed by atoms with Crippen molar-refractivity contribution >= 4 is 22.5 Å². The van der Waals surface area contributed by atoms with Crippen LogP contribution in [0.4, 0.5) is 14.5 Å². The van der Waals surface area contributed by atoms with Crippen molar-refractivity contribution in [2.24, 2.45) is 0 Å². The predicted molar refractivity (Wildman–Crippen MR) is 118 cm³/mol. The molecule has 0 radical (unpaired) electrons. The molecule has 0 aliphatic carbocycles. The molecule has 0 aliphatic heterocycles. The molecule has 0 saturated heterocycles. The van der Waals surface area contributed by atoms with Gasteiger partial charge in [0.2, 0.25) is 5.91 Å². The number of amides is 1. The van der Waals surface area contributed by atoms with Gasteiger partial charge < -0.3 is 5.32 Å². The van der Waals surface area contributed by atoms with Crippen molar-refractivity contribution in [3.8, 4) is 0 Å². The second-order valence-electron chi connectivity index (χ2n) is 7.28. The third-order valence-electron chi connectivity index (χ3n) is 5.05. The number of nitrogens with one attached hydrogen (secondary N) is 1. The van der Waals surface area contributed by atoms with Gasteiger partial charge in [-0.05, 0) is 36.2 Å². The first kappa shape index (κ1) is 21.2.